The highest BCUT2D eigenvalue weighted by Crippen LogP contribution is 2.29. The molecule has 19 heavy (non-hydrogen) atoms. The first-order chi connectivity index (χ1) is 9.36. The van der Waals surface area contributed by atoms with Gasteiger partial charge in [0.15, 0.2) is 0 Å². The molecule has 0 radical (unpaired) electrons. The van der Waals surface area contributed by atoms with E-state index in [2.05, 4.69) is 16.7 Å². The van der Waals surface area contributed by atoms with Crippen molar-refractivity contribution in [2.24, 2.45) is 0 Å². The highest BCUT2D eigenvalue weighted by atomic mass is 32.2. The lowest BCUT2D eigenvalue weighted by atomic mass is 9.93. The fourth-order valence-electron chi connectivity index (χ4n) is 2.77. The number of aliphatic hydroxyl groups excluding tert-OH is 1. The first kappa shape index (κ1) is 14.9. The van der Waals surface area contributed by atoms with Crippen LogP contribution in [0.5, 0.6) is 0 Å². The predicted octanol–water partition coefficient (Wildman–Crippen LogP) is 1.99. The maximum atomic E-state index is 9.05. The summed E-state index contributed by atoms with van der Waals surface area (Å²) in [5.41, 5.74) is 2.67. The third kappa shape index (κ3) is 3.97. The van der Waals surface area contributed by atoms with Gasteiger partial charge in [0.25, 0.3) is 0 Å². The molecule has 0 bridgehead atoms. The van der Waals surface area contributed by atoms with Crippen molar-refractivity contribution in [2.75, 3.05) is 25.2 Å². The molecule has 1 aromatic heterocycles. The zero-order valence-corrected chi connectivity index (χ0v) is 12.6. The number of thioether (sulfide) groups is 1. The Morgan fingerprint density at radius 2 is 2.42 bits per heavy atom. The second kappa shape index (κ2) is 7.92. The van der Waals surface area contributed by atoms with Crippen LogP contribution in [-0.4, -0.2) is 40.0 Å². The van der Waals surface area contributed by atoms with Gasteiger partial charge in [-0.3, -0.25) is 4.68 Å². The number of unbranched alkanes of at least 4 members (excludes halogenated alkanes) is 1. The van der Waals surface area contributed by atoms with E-state index in [-0.39, 0.29) is 6.61 Å². The summed E-state index contributed by atoms with van der Waals surface area (Å²) in [6, 6.07) is 0.463. The van der Waals surface area contributed by atoms with Crippen LogP contribution in [0, 0.1) is 0 Å². The van der Waals surface area contributed by atoms with Crippen LogP contribution in [0.4, 0.5) is 0 Å². The summed E-state index contributed by atoms with van der Waals surface area (Å²) in [6.07, 6.45) is 10.2. The second-order valence-corrected chi connectivity index (χ2v) is 6.08. The average molecular weight is 283 g/mol. The van der Waals surface area contributed by atoms with Crippen LogP contribution in [0.2, 0.25) is 0 Å². The zero-order valence-electron chi connectivity index (χ0n) is 11.8. The van der Waals surface area contributed by atoms with Gasteiger partial charge in [0.1, 0.15) is 0 Å². The van der Waals surface area contributed by atoms with Crippen molar-refractivity contribution in [1.82, 2.24) is 15.1 Å². The zero-order chi connectivity index (χ0) is 13.5. The van der Waals surface area contributed by atoms with Gasteiger partial charge in [-0.05, 0) is 50.7 Å². The highest BCUT2D eigenvalue weighted by molar-refractivity contribution is 7.98. The molecule has 0 aliphatic heterocycles. The van der Waals surface area contributed by atoms with Crippen LogP contribution < -0.4 is 5.32 Å². The summed E-state index contributed by atoms with van der Waals surface area (Å²) >= 11 is 1.92. The lowest BCUT2D eigenvalue weighted by Gasteiger charge is -2.24. The van der Waals surface area contributed by atoms with Crippen molar-refractivity contribution in [1.29, 1.82) is 0 Å². The highest BCUT2D eigenvalue weighted by Gasteiger charge is 2.23. The normalized spacial score (nSPS) is 18.5. The van der Waals surface area contributed by atoms with Crippen molar-refractivity contribution in [3.05, 3.63) is 17.5 Å². The maximum Gasteiger partial charge on any atom is 0.0644 e. The molecule has 1 atom stereocenters. The lowest BCUT2D eigenvalue weighted by molar-refractivity contribution is 0.266. The van der Waals surface area contributed by atoms with Crippen molar-refractivity contribution in [3.8, 4) is 0 Å². The number of nitrogens with one attached hydrogen (secondary N) is 1. The van der Waals surface area contributed by atoms with Crippen LogP contribution in [-0.2, 0) is 13.0 Å². The van der Waals surface area contributed by atoms with Crippen LogP contribution in [0.15, 0.2) is 6.20 Å². The summed E-state index contributed by atoms with van der Waals surface area (Å²) in [5, 5.41) is 17.1. The molecule has 5 heteroatoms. The summed E-state index contributed by atoms with van der Waals surface area (Å²) in [6.45, 7) is 1.88. The molecule has 0 spiro atoms. The van der Waals surface area contributed by atoms with Crippen molar-refractivity contribution >= 4 is 11.8 Å². The SMILES string of the molecule is CSCCCCNC1CCCc2c1cnn2CCO. The molecular weight excluding hydrogens is 258 g/mol. The van der Waals surface area contributed by atoms with Crippen molar-refractivity contribution in [3.63, 3.8) is 0 Å². The minimum absolute atomic E-state index is 0.168. The van der Waals surface area contributed by atoms with E-state index in [9.17, 15) is 0 Å². The second-order valence-electron chi connectivity index (χ2n) is 5.09. The van der Waals surface area contributed by atoms with E-state index < -0.39 is 0 Å². The van der Waals surface area contributed by atoms with E-state index in [0.717, 1.165) is 13.0 Å². The predicted molar refractivity (Wildman–Crippen MR) is 80.6 cm³/mol. The molecule has 1 unspecified atom stereocenters. The molecule has 2 rings (SSSR count). The fourth-order valence-corrected chi connectivity index (χ4v) is 3.26. The van der Waals surface area contributed by atoms with Gasteiger partial charge >= 0.3 is 0 Å². The molecule has 0 saturated heterocycles. The van der Waals surface area contributed by atoms with E-state index in [0.29, 0.717) is 12.6 Å². The molecular formula is C14H25N3OS. The molecule has 1 heterocycles. The Balaban J connectivity index is 1.87. The van der Waals surface area contributed by atoms with Crippen LogP contribution >= 0.6 is 11.8 Å². The van der Waals surface area contributed by atoms with Crippen LogP contribution in [0.3, 0.4) is 0 Å². The number of aliphatic hydroxyl groups is 1. The Morgan fingerprint density at radius 1 is 1.53 bits per heavy atom. The molecule has 0 saturated carbocycles. The summed E-state index contributed by atoms with van der Waals surface area (Å²) in [4.78, 5) is 0. The molecule has 0 amide bonds. The van der Waals surface area contributed by atoms with Gasteiger partial charge in [0.05, 0.1) is 19.3 Å². The van der Waals surface area contributed by atoms with Gasteiger partial charge < -0.3 is 10.4 Å². The molecule has 1 aliphatic rings. The average Bonchev–Trinajstić information content (AvgIpc) is 2.83. The molecule has 0 fully saturated rings. The van der Waals surface area contributed by atoms with E-state index >= 15 is 0 Å². The largest absolute Gasteiger partial charge is 0.394 e. The van der Waals surface area contributed by atoms with E-state index in [1.807, 2.05) is 22.6 Å². The Morgan fingerprint density at radius 3 is 3.21 bits per heavy atom. The quantitative estimate of drug-likeness (QED) is 0.716. The van der Waals surface area contributed by atoms with Crippen LogP contribution in [0.1, 0.15) is 43.0 Å². The Bertz CT molecular complexity index is 381. The summed E-state index contributed by atoms with van der Waals surface area (Å²) in [5.74, 6) is 1.26. The molecule has 0 aromatic carbocycles. The maximum absolute atomic E-state index is 9.05. The van der Waals surface area contributed by atoms with E-state index in [1.165, 1.54) is 42.7 Å². The van der Waals surface area contributed by atoms with Gasteiger partial charge in [-0.1, -0.05) is 0 Å². The van der Waals surface area contributed by atoms with Gasteiger partial charge in [-0.25, -0.2) is 0 Å². The van der Waals surface area contributed by atoms with Gasteiger partial charge in [-0.2, -0.15) is 16.9 Å². The van der Waals surface area contributed by atoms with E-state index in [4.69, 9.17) is 5.11 Å². The Labute approximate surface area is 120 Å². The van der Waals surface area contributed by atoms with Gasteiger partial charge in [0, 0.05) is 17.3 Å². The number of rotatable bonds is 8. The molecule has 1 aliphatic carbocycles. The number of hydrogen-bond donors (Lipinski definition) is 2. The van der Waals surface area contributed by atoms with Crippen molar-refractivity contribution < 1.29 is 5.11 Å². The standard InChI is InChI=1S/C14H25N3OS/c1-19-10-3-2-7-15-13-5-4-6-14-12(13)11-16-17(14)8-9-18/h11,13,15,18H,2-10H2,1H3. The summed E-state index contributed by atoms with van der Waals surface area (Å²) in [7, 11) is 0. The van der Waals surface area contributed by atoms with Gasteiger partial charge in [-0.15, -0.1) is 0 Å². The Kier molecular flexibility index (Phi) is 6.20. The Hall–Kier alpha value is -0.520. The minimum Gasteiger partial charge on any atom is -0.394 e. The van der Waals surface area contributed by atoms with Crippen molar-refractivity contribution in [2.45, 2.75) is 44.7 Å². The first-order valence-corrected chi connectivity index (χ1v) is 8.64. The first-order valence-electron chi connectivity index (χ1n) is 7.24. The van der Waals surface area contributed by atoms with E-state index in [1.54, 1.807) is 0 Å². The fraction of sp³-hybridized carbons (Fsp3) is 0.786. The van der Waals surface area contributed by atoms with Gasteiger partial charge in [0.2, 0.25) is 0 Å². The number of fused-ring (bicyclic) bond motifs is 1. The number of aromatic nitrogens is 2. The van der Waals surface area contributed by atoms with Crippen LogP contribution in [0.25, 0.3) is 0 Å². The lowest BCUT2D eigenvalue weighted by Crippen LogP contribution is -2.26. The third-order valence-corrected chi connectivity index (χ3v) is 4.44. The minimum atomic E-state index is 0.168. The summed E-state index contributed by atoms with van der Waals surface area (Å²) < 4.78 is 1.97. The molecule has 1 aromatic rings. The smallest absolute Gasteiger partial charge is 0.0644 e. The molecule has 2 N–H and O–H groups in total. The third-order valence-electron chi connectivity index (χ3n) is 3.74. The topological polar surface area (TPSA) is 50.1 Å². The molecule has 108 valence electrons. The number of nitrogens with zero attached hydrogens (tertiary/aromatic N) is 2. The number of hydrogen-bond acceptors (Lipinski definition) is 4. The monoisotopic (exact) mass is 283 g/mol. The molecule has 4 nitrogen and oxygen atoms in total.